The van der Waals surface area contributed by atoms with Gasteiger partial charge >= 0.3 is 0 Å². The molecule has 0 N–H and O–H groups in total. The lowest BCUT2D eigenvalue weighted by Gasteiger charge is -2.38. The van der Waals surface area contributed by atoms with Gasteiger partial charge in [-0.15, -0.1) is 6.58 Å². The number of allylic oxidation sites excluding steroid dienone is 1. The molecule has 20 heavy (non-hydrogen) atoms. The molecule has 0 radical (unpaired) electrons. The van der Waals surface area contributed by atoms with Crippen LogP contribution in [0.5, 0.6) is 0 Å². The van der Waals surface area contributed by atoms with Crippen molar-refractivity contribution in [3.63, 3.8) is 0 Å². The molecule has 0 bridgehead atoms. The molecule has 1 atom stereocenters. The number of ether oxygens (including phenoxy) is 1. The van der Waals surface area contributed by atoms with Crippen LogP contribution in [0.2, 0.25) is 0 Å². The molecule has 0 aromatic heterocycles. The van der Waals surface area contributed by atoms with Crippen molar-refractivity contribution in [2.45, 2.75) is 37.8 Å². The van der Waals surface area contributed by atoms with Gasteiger partial charge in [0.05, 0.1) is 12.2 Å². The zero-order valence-electron chi connectivity index (χ0n) is 12.3. The molecule has 2 aliphatic heterocycles. The third-order valence-electron chi connectivity index (χ3n) is 4.80. The number of hydrogen-bond acceptors (Lipinski definition) is 2. The van der Waals surface area contributed by atoms with Crippen molar-refractivity contribution in [2.75, 3.05) is 19.7 Å². The van der Waals surface area contributed by atoms with E-state index in [-0.39, 0.29) is 5.60 Å². The molecule has 2 fully saturated rings. The first kappa shape index (κ1) is 13.8. The highest BCUT2D eigenvalue weighted by Gasteiger charge is 2.41. The number of benzene rings is 1. The zero-order chi connectivity index (χ0) is 13.8. The molecule has 0 aliphatic carbocycles. The van der Waals surface area contributed by atoms with E-state index in [0.29, 0.717) is 5.92 Å². The van der Waals surface area contributed by atoms with Gasteiger partial charge in [0, 0.05) is 19.6 Å². The Morgan fingerprint density at radius 1 is 1.25 bits per heavy atom. The van der Waals surface area contributed by atoms with E-state index < -0.39 is 0 Å². The fraction of sp³-hybridized carbons (Fsp3) is 0.556. The summed E-state index contributed by atoms with van der Waals surface area (Å²) in [5.74, 6) is 0.702. The predicted molar refractivity (Wildman–Crippen MR) is 82.6 cm³/mol. The van der Waals surface area contributed by atoms with Gasteiger partial charge in [-0.1, -0.05) is 36.4 Å². The second-order valence-corrected chi connectivity index (χ2v) is 6.35. The number of rotatable bonds is 4. The predicted octanol–water partition coefficient (Wildman–Crippen LogP) is 3.63. The van der Waals surface area contributed by atoms with Gasteiger partial charge in [0.25, 0.3) is 0 Å². The smallest absolute Gasteiger partial charge is 0.0710 e. The van der Waals surface area contributed by atoms with Gasteiger partial charge in [0.1, 0.15) is 0 Å². The standard InChI is InChI=1S/C18H25NO/c1-2-6-17-13-18(20-15-17)9-11-19(12-10-18)14-16-7-4-3-5-8-16/h2-5,7-8,17H,1,6,9-15H2. The summed E-state index contributed by atoms with van der Waals surface area (Å²) in [5, 5.41) is 0. The Balaban J connectivity index is 1.51. The molecule has 1 aromatic carbocycles. The molecule has 2 heterocycles. The summed E-state index contributed by atoms with van der Waals surface area (Å²) >= 11 is 0. The van der Waals surface area contributed by atoms with Gasteiger partial charge in [0.15, 0.2) is 0 Å². The van der Waals surface area contributed by atoms with Crippen LogP contribution in [0.4, 0.5) is 0 Å². The average molecular weight is 271 g/mol. The van der Waals surface area contributed by atoms with E-state index in [1.807, 2.05) is 6.08 Å². The zero-order valence-corrected chi connectivity index (χ0v) is 12.3. The number of likely N-dealkylation sites (tertiary alicyclic amines) is 1. The molecule has 2 nitrogen and oxygen atoms in total. The fourth-order valence-electron chi connectivity index (χ4n) is 3.63. The van der Waals surface area contributed by atoms with Gasteiger partial charge in [0.2, 0.25) is 0 Å². The van der Waals surface area contributed by atoms with Gasteiger partial charge < -0.3 is 4.74 Å². The summed E-state index contributed by atoms with van der Waals surface area (Å²) in [6, 6.07) is 10.8. The number of nitrogens with zero attached hydrogens (tertiary/aromatic N) is 1. The normalized spacial score (nSPS) is 25.9. The Kier molecular flexibility index (Phi) is 4.23. The first-order chi connectivity index (χ1) is 9.80. The minimum atomic E-state index is 0.181. The molecule has 2 saturated heterocycles. The van der Waals surface area contributed by atoms with Crippen molar-refractivity contribution in [1.29, 1.82) is 0 Å². The van der Waals surface area contributed by atoms with E-state index in [0.717, 1.165) is 32.7 Å². The van der Waals surface area contributed by atoms with Gasteiger partial charge in [-0.3, -0.25) is 4.90 Å². The van der Waals surface area contributed by atoms with E-state index in [2.05, 4.69) is 41.8 Å². The summed E-state index contributed by atoms with van der Waals surface area (Å²) in [6.45, 7) is 8.19. The molecule has 0 saturated carbocycles. The maximum absolute atomic E-state index is 6.17. The maximum Gasteiger partial charge on any atom is 0.0710 e. The van der Waals surface area contributed by atoms with E-state index in [1.165, 1.54) is 24.8 Å². The molecule has 1 unspecified atom stereocenters. The SMILES string of the molecule is C=CCC1COC2(CCN(Cc3ccccc3)CC2)C1. The Hall–Kier alpha value is -1.12. The highest BCUT2D eigenvalue weighted by molar-refractivity contribution is 5.14. The van der Waals surface area contributed by atoms with Crippen molar-refractivity contribution in [3.8, 4) is 0 Å². The van der Waals surface area contributed by atoms with Gasteiger partial charge in [-0.05, 0) is 37.2 Å². The molecule has 108 valence electrons. The van der Waals surface area contributed by atoms with E-state index in [9.17, 15) is 0 Å². The van der Waals surface area contributed by atoms with Crippen molar-refractivity contribution in [1.82, 2.24) is 4.90 Å². The Labute approximate surface area is 122 Å². The van der Waals surface area contributed by atoms with Crippen molar-refractivity contribution in [2.24, 2.45) is 5.92 Å². The largest absolute Gasteiger partial charge is 0.375 e. The van der Waals surface area contributed by atoms with Crippen LogP contribution >= 0.6 is 0 Å². The van der Waals surface area contributed by atoms with Crippen molar-refractivity contribution in [3.05, 3.63) is 48.6 Å². The minimum Gasteiger partial charge on any atom is -0.375 e. The molecule has 3 rings (SSSR count). The fourth-order valence-corrected chi connectivity index (χ4v) is 3.63. The van der Waals surface area contributed by atoms with Crippen LogP contribution < -0.4 is 0 Å². The van der Waals surface area contributed by atoms with E-state index >= 15 is 0 Å². The van der Waals surface area contributed by atoms with E-state index in [1.54, 1.807) is 0 Å². The first-order valence-corrected chi connectivity index (χ1v) is 7.81. The summed E-state index contributed by atoms with van der Waals surface area (Å²) < 4.78 is 6.17. The molecular weight excluding hydrogens is 246 g/mol. The lowest BCUT2D eigenvalue weighted by Crippen LogP contribution is -2.43. The summed E-state index contributed by atoms with van der Waals surface area (Å²) in [4.78, 5) is 2.56. The molecule has 2 aliphatic rings. The third kappa shape index (κ3) is 3.13. The molecular formula is C18H25NO. The topological polar surface area (TPSA) is 12.5 Å². The van der Waals surface area contributed by atoms with Crippen LogP contribution in [-0.4, -0.2) is 30.2 Å². The highest BCUT2D eigenvalue weighted by atomic mass is 16.5. The van der Waals surface area contributed by atoms with Crippen LogP contribution in [0.1, 0.15) is 31.2 Å². The third-order valence-corrected chi connectivity index (χ3v) is 4.80. The summed E-state index contributed by atoms with van der Waals surface area (Å²) in [7, 11) is 0. The number of hydrogen-bond donors (Lipinski definition) is 0. The van der Waals surface area contributed by atoms with Crippen LogP contribution in [-0.2, 0) is 11.3 Å². The van der Waals surface area contributed by atoms with Crippen molar-refractivity contribution < 1.29 is 4.74 Å². The van der Waals surface area contributed by atoms with Crippen molar-refractivity contribution >= 4 is 0 Å². The quantitative estimate of drug-likeness (QED) is 0.775. The van der Waals surface area contributed by atoms with E-state index in [4.69, 9.17) is 4.74 Å². The van der Waals surface area contributed by atoms with Crippen LogP contribution in [0.25, 0.3) is 0 Å². The van der Waals surface area contributed by atoms with Crippen LogP contribution in [0.3, 0.4) is 0 Å². The lowest BCUT2D eigenvalue weighted by molar-refractivity contribution is -0.0450. The summed E-state index contributed by atoms with van der Waals surface area (Å²) in [5.41, 5.74) is 1.60. The molecule has 1 spiro atoms. The minimum absolute atomic E-state index is 0.181. The van der Waals surface area contributed by atoms with Crippen LogP contribution in [0, 0.1) is 5.92 Å². The monoisotopic (exact) mass is 271 g/mol. The lowest BCUT2D eigenvalue weighted by atomic mass is 9.84. The Bertz CT molecular complexity index is 434. The maximum atomic E-state index is 6.17. The second-order valence-electron chi connectivity index (χ2n) is 6.35. The van der Waals surface area contributed by atoms with Gasteiger partial charge in [-0.2, -0.15) is 0 Å². The second kappa shape index (κ2) is 6.11. The molecule has 1 aromatic rings. The van der Waals surface area contributed by atoms with Crippen LogP contribution in [0.15, 0.2) is 43.0 Å². The first-order valence-electron chi connectivity index (χ1n) is 7.81. The Morgan fingerprint density at radius 2 is 2.00 bits per heavy atom. The average Bonchev–Trinajstić information content (AvgIpc) is 2.86. The Morgan fingerprint density at radius 3 is 2.70 bits per heavy atom. The highest BCUT2D eigenvalue weighted by Crippen LogP contribution is 2.39. The summed E-state index contributed by atoms with van der Waals surface area (Å²) in [6.07, 6.45) is 6.76. The number of piperidine rings is 1. The van der Waals surface area contributed by atoms with Gasteiger partial charge in [-0.25, -0.2) is 0 Å². The molecule has 2 heteroatoms. The molecule has 0 amide bonds.